The first-order valence-corrected chi connectivity index (χ1v) is 4.11. The molecule has 0 fully saturated rings. The third kappa shape index (κ3) is 1.65. The molecule has 0 aliphatic rings. The molecule has 0 heterocycles. The second-order valence-electron chi connectivity index (χ2n) is 2.63. The van der Waals surface area contributed by atoms with Gasteiger partial charge in [-0.3, -0.25) is 0 Å². The zero-order valence-electron chi connectivity index (χ0n) is 7.43. The molecule has 0 saturated heterocycles. The highest BCUT2D eigenvalue weighted by atomic mass is 14.0. The number of hydrogen-bond acceptors (Lipinski definition) is 0. The zero-order valence-corrected chi connectivity index (χ0v) is 7.43. The lowest BCUT2D eigenvalue weighted by atomic mass is 10.0. The van der Waals surface area contributed by atoms with Gasteiger partial charge in [-0.15, -0.1) is 0 Å². The van der Waals surface area contributed by atoms with E-state index in [4.69, 9.17) is 0 Å². The molecular weight excluding hydrogens is 144 g/mol. The molecule has 1 radical (unpaired) electrons. The van der Waals surface area contributed by atoms with Gasteiger partial charge in [-0.05, 0) is 41.3 Å². The fourth-order valence-electron chi connectivity index (χ4n) is 1.17. The molecule has 0 saturated carbocycles. The van der Waals surface area contributed by atoms with Gasteiger partial charge in [0.25, 0.3) is 0 Å². The van der Waals surface area contributed by atoms with Crippen molar-refractivity contribution >= 4 is 12.2 Å². The van der Waals surface area contributed by atoms with Crippen molar-refractivity contribution in [1.29, 1.82) is 0 Å². The minimum absolute atomic E-state index is 0.999. The average Bonchev–Trinajstić information content (AvgIpc) is 2.16. The lowest BCUT2D eigenvalue weighted by Gasteiger charge is -2.03. The molecule has 0 unspecified atom stereocenters. The van der Waals surface area contributed by atoms with Crippen LogP contribution in [0.1, 0.15) is 23.6 Å². The zero-order chi connectivity index (χ0) is 8.97. The van der Waals surface area contributed by atoms with E-state index in [-0.39, 0.29) is 0 Å². The Kier molecular flexibility index (Phi) is 2.87. The average molecular weight is 157 g/mol. The normalized spacial score (nSPS) is 9.42. The molecule has 0 atom stereocenters. The lowest BCUT2D eigenvalue weighted by molar-refractivity contribution is 1.13. The Balaban J connectivity index is 3.18. The van der Waals surface area contributed by atoms with Crippen LogP contribution in [0.2, 0.25) is 0 Å². The Morgan fingerprint density at radius 2 is 2.17 bits per heavy atom. The smallest absolute Gasteiger partial charge is 0.0137 e. The standard InChI is InChI=1S/C12H13/c1-4-10-7-8-11(5-2)12(6-3)9-10/h4,6-7,9H,1,3,5H2,2H3. The molecule has 0 aromatic heterocycles. The molecule has 1 aromatic rings. The summed E-state index contributed by atoms with van der Waals surface area (Å²) < 4.78 is 0. The first-order valence-electron chi connectivity index (χ1n) is 4.11. The van der Waals surface area contributed by atoms with Crippen molar-refractivity contribution in [2.24, 2.45) is 0 Å². The van der Waals surface area contributed by atoms with E-state index in [1.54, 1.807) is 0 Å². The molecule has 0 N–H and O–H groups in total. The minimum atomic E-state index is 0.999. The molecule has 0 heteroatoms. The van der Waals surface area contributed by atoms with Crippen molar-refractivity contribution in [1.82, 2.24) is 0 Å². The van der Waals surface area contributed by atoms with E-state index in [9.17, 15) is 0 Å². The molecule has 0 nitrogen and oxygen atoms in total. The van der Waals surface area contributed by atoms with E-state index in [0.717, 1.165) is 17.5 Å². The highest BCUT2D eigenvalue weighted by Gasteiger charge is 1.96. The van der Waals surface area contributed by atoms with Gasteiger partial charge in [-0.1, -0.05) is 32.2 Å². The van der Waals surface area contributed by atoms with E-state index in [1.807, 2.05) is 18.2 Å². The fraction of sp³-hybridized carbons (Fsp3) is 0.167. The van der Waals surface area contributed by atoms with E-state index in [1.165, 1.54) is 5.56 Å². The van der Waals surface area contributed by atoms with Crippen molar-refractivity contribution in [2.45, 2.75) is 13.3 Å². The molecule has 12 heavy (non-hydrogen) atoms. The SMILES string of the molecule is C=Cc1c[c]c(CC)c(C=C)c1. The van der Waals surface area contributed by atoms with Crippen molar-refractivity contribution in [3.63, 3.8) is 0 Å². The Hall–Kier alpha value is -1.30. The number of hydrogen-bond donors (Lipinski definition) is 0. The van der Waals surface area contributed by atoms with Crippen LogP contribution in [0.5, 0.6) is 0 Å². The van der Waals surface area contributed by atoms with Crippen LogP contribution >= 0.6 is 0 Å². The molecule has 0 aliphatic carbocycles. The molecule has 0 aliphatic heterocycles. The lowest BCUT2D eigenvalue weighted by Crippen LogP contribution is -1.87. The highest BCUT2D eigenvalue weighted by molar-refractivity contribution is 5.58. The van der Waals surface area contributed by atoms with Crippen LogP contribution in [0.25, 0.3) is 12.2 Å². The highest BCUT2D eigenvalue weighted by Crippen LogP contribution is 2.13. The second-order valence-corrected chi connectivity index (χ2v) is 2.63. The van der Waals surface area contributed by atoms with Crippen LogP contribution < -0.4 is 0 Å². The number of aryl methyl sites for hydroxylation is 1. The number of rotatable bonds is 3. The predicted molar refractivity (Wildman–Crippen MR) is 54.8 cm³/mol. The maximum atomic E-state index is 3.76. The summed E-state index contributed by atoms with van der Waals surface area (Å²) in [5, 5.41) is 0. The Morgan fingerprint density at radius 1 is 1.42 bits per heavy atom. The third-order valence-electron chi connectivity index (χ3n) is 1.89. The van der Waals surface area contributed by atoms with Gasteiger partial charge in [0.2, 0.25) is 0 Å². The maximum absolute atomic E-state index is 3.76. The summed E-state index contributed by atoms with van der Waals surface area (Å²) in [7, 11) is 0. The van der Waals surface area contributed by atoms with Gasteiger partial charge in [0.15, 0.2) is 0 Å². The molecule has 0 amide bonds. The first-order chi connectivity index (χ1) is 5.81. The largest absolute Gasteiger partial charge is 0.0985 e. The fourth-order valence-corrected chi connectivity index (χ4v) is 1.17. The van der Waals surface area contributed by atoms with Gasteiger partial charge < -0.3 is 0 Å². The molecule has 1 rings (SSSR count). The van der Waals surface area contributed by atoms with E-state index in [0.29, 0.717) is 0 Å². The van der Waals surface area contributed by atoms with Crippen LogP contribution in [0.15, 0.2) is 25.3 Å². The molecule has 61 valence electrons. The van der Waals surface area contributed by atoms with Crippen LogP contribution in [-0.2, 0) is 6.42 Å². The van der Waals surface area contributed by atoms with Gasteiger partial charge >= 0.3 is 0 Å². The van der Waals surface area contributed by atoms with Crippen LogP contribution in [0.4, 0.5) is 0 Å². The summed E-state index contributed by atoms with van der Waals surface area (Å²) in [6.07, 6.45) is 4.68. The van der Waals surface area contributed by atoms with Crippen molar-refractivity contribution in [3.8, 4) is 0 Å². The van der Waals surface area contributed by atoms with Gasteiger partial charge in [0.05, 0.1) is 0 Å². The van der Waals surface area contributed by atoms with Crippen LogP contribution in [0, 0.1) is 6.07 Å². The maximum Gasteiger partial charge on any atom is -0.0137 e. The summed E-state index contributed by atoms with van der Waals surface area (Å²) in [6.45, 7) is 9.59. The van der Waals surface area contributed by atoms with E-state index < -0.39 is 0 Å². The van der Waals surface area contributed by atoms with Gasteiger partial charge in [0.1, 0.15) is 0 Å². The van der Waals surface area contributed by atoms with Gasteiger partial charge in [-0.25, -0.2) is 0 Å². The summed E-state index contributed by atoms with van der Waals surface area (Å²) in [6, 6.07) is 7.25. The molecular formula is C12H13. The second kappa shape index (κ2) is 3.91. The van der Waals surface area contributed by atoms with Gasteiger partial charge in [0, 0.05) is 0 Å². The van der Waals surface area contributed by atoms with E-state index in [2.05, 4.69) is 32.2 Å². The summed E-state index contributed by atoms with van der Waals surface area (Å²) >= 11 is 0. The Bertz CT molecular complexity index is 295. The summed E-state index contributed by atoms with van der Waals surface area (Å²) in [4.78, 5) is 0. The topological polar surface area (TPSA) is 0 Å². The van der Waals surface area contributed by atoms with Crippen molar-refractivity contribution in [3.05, 3.63) is 48.0 Å². The molecule has 1 aromatic carbocycles. The Morgan fingerprint density at radius 3 is 2.67 bits per heavy atom. The molecule has 0 bridgehead atoms. The molecule has 0 spiro atoms. The Labute approximate surface area is 74.2 Å². The number of benzene rings is 1. The summed E-state index contributed by atoms with van der Waals surface area (Å²) in [5.74, 6) is 0. The quantitative estimate of drug-likeness (QED) is 0.631. The van der Waals surface area contributed by atoms with Crippen LogP contribution in [0.3, 0.4) is 0 Å². The monoisotopic (exact) mass is 157 g/mol. The van der Waals surface area contributed by atoms with E-state index >= 15 is 0 Å². The van der Waals surface area contributed by atoms with Crippen molar-refractivity contribution in [2.75, 3.05) is 0 Å². The first kappa shape index (κ1) is 8.79. The van der Waals surface area contributed by atoms with Crippen LogP contribution in [-0.4, -0.2) is 0 Å². The predicted octanol–water partition coefficient (Wildman–Crippen LogP) is 3.34. The van der Waals surface area contributed by atoms with Crippen molar-refractivity contribution < 1.29 is 0 Å². The minimum Gasteiger partial charge on any atom is -0.0985 e. The van der Waals surface area contributed by atoms with Gasteiger partial charge in [-0.2, -0.15) is 0 Å². The summed E-state index contributed by atoms with van der Waals surface area (Å²) in [5.41, 5.74) is 3.48. The third-order valence-corrected chi connectivity index (χ3v) is 1.89.